The Kier molecular flexibility index (Phi) is 5.03. The molecule has 2 aromatic carbocycles. The molecule has 2 N–H and O–H groups in total. The lowest BCUT2D eigenvalue weighted by Gasteiger charge is -2.27. The van der Waals surface area contributed by atoms with Crippen LogP contribution in [0, 0.1) is 0 Å². The summed E-state index contributed by atoms with van der Waals surface area (Å²) in [6, 6.07) is 18.5. The van der Waals surface area contributed by atoms with Gasteiger partial charge in [0.05, 0.1) is 0 Å². The molecule has 2 atom stereocenters. The fourth-order valence-corrected chi connectivity index (χ4v) is 5.00. The summed E-state index contributed by atoms with van der Waals surface area (Å²) in [6.45, 7) is 4.48. The lowest BCUT2D eigenvalue weighted by atomic mass is 9.90. The monoisotopic (exact) mass is 385 g/mol. The fraction of sp³-hybridized carbons (Fsp3) is 0.385. The molecule has 1 aliphatic heterocycles. The van der Waals surface area contributed by atoms with Gasteiger partial charge in [0.1, 0.15) is 0 Å². The van der Waals surface area contributed by atoms with E-state index >= 15 is 0 Å². The van der Waals surface area contributed by atoms with Crippen LogP contribution in [-0.2, 0) is 6.42 Å². The molecule has 3 aromatic rings. The van der Waals surface area contributed by atoms with Gasteiger partial charge in [0.15, 0.2) is 0 Å². The molecule has 1 aliphatic carbocycles. The normalized spacial score (nSPS) is 21.0. The maximum Gasteiger partial charge on any atom is 0.0480 e. The Bertz CT molecular complexity index is 1030. The molecule has 0 saturated carbocycles. The van der Waals surface area contributed by atoms with E-state index in [0.717, 1.165) is 19.5 Å². The van der Waals surface area contributed by atoms with Crippen molar-refractivity contribution in [2.45, 2.75) is 44.7 Å². The van der Waals surface area contributed by atoms with Crippen LogP contribution in [0.25, 0.3) is 16.5 Å². The van der Waals surface area contributed by atoms with E-state index in [4.69, 9.17) is 0 Å². The van der Waals surface area contributed by atoms with Crippen LogP contribution in [0.1, 0.15) is 60.7 Å². The van der Waals surface area contributed by atoms with Crippen molar-refractivity contribution in [1.82, 2.24) is 15.2 Å². The lowest BCUT2D eigenvalue weighted by Crippen LogP contribution is -2.27. The van der Waals surface area contributed by atoms with Gasteiger partial charge in [-0.2, -0.15) is 0 Å². The molecular weight excluding hydrogens is 354 g/mol. The molecule has 2 heterocycles. The van der Waals surface area contributed by atoms with E-state index in [1.54, 1.807) is 0 Å². The molecule has 2 unspecified atom stereocenters. The summed E-state index contributed by atoms with van der Waals surface area (Å²) in [5.41, 5.74) is 8.48. The van der Waals surface area contributed by atoms with Crippen LogP contribution in [0.5, 0.6) is 0 Å². The highest BCUT2D eigenvalue weighted by Gasteiger charge is 2.26. The molecule has 1 aromatic heterocycles. The SMILES string of the molecule is CC(NC1CCCc2c1[nH]c1ccc(C3=CCN(C)CC3)cc21)c1ccccc1. The van der Waals surface area contributed by atoms with E-state index in [0.29, 0.717) is 12.1 Å². The van der Waals surface area contributed by atoms with Crippen molar-refractivity contribution in [2.24, 2.45) is 0 Å². The van der Waals surface area contributed by atoms with Gasteiger partial charge in [-0.15, -0.1) is 0 Å². The highest BCUT2D eigenvalue weighted by Crippen LogP contribution is 2.37. The topological polar surface area (TPSA) is 31.1 Å². The van der Waals surface area contributed by atoms with Crippen LogP contribution in [0.3, 0.4) is 0 Å². The highest BCUT2D eigenvalue weighted by atomic mass is 15.1. The second-order valence-electron chi connectivity index (χ2n) is 8.76. The first-order chi connectivity index (χ1) is 14.2. The summed E-state index contributed by atoms with van der Waals surface area (Å²) in [7, 11) is 2.20. The van der Waals surface area contributed by atoms with Gasteiger partial charge >= 0.3 is 0 Å². The number of aromatic amines is 1. The second kappa shape index (κ2) is 7.81. The van der Waals surface area contributed by atoms with Crippen molar-refractivity contribution < 1.29 is 0 Å². The number of benzene rings is 2. The van der Waals surface area contributed by atoms with Crippen molar-refractivity contribution in [3.63, 3.8) is 0 Å². The first-order valence-electron chi connectivity index (χ1n) is 11.0. The predicted octanol–water partition coefficient (Wildman–Crippen LogP) is 5.62. The second-order valence-corrected chi connectivity index (χ2v) is 8.76. The van der Waals surface area contributed by atoms with Crippen LogP contribution in [0.15, 0.2) is 54.6 Å². The van der Waals surface area contributed by atoms with Crippen LogP contribution >= 0.6 is 0 Å². The van der Waals surface area contributed by atoms with E-state index in [2.05, 4.69) is 83.8 Å². The Morgan fingerprint density at radius 2 is 1.97 bits per heavy atom. The largest absolute Gasteiger partial charge is 0.357 e. The average Bonchev–Trinajstić information content (AvgIpc) is 3.14. The Labute approximate surface area is 173 Å². The molecule has 150 valence electrons. The minimum atomic E-state index is 0.346. The van der Waals surface area contributed by atoms with Gasteiger partial charge < -0.3 is 15.2 Å². The number of aromatic nitrogens is 1. The number of rotatable bonds is 4. The van der Waals surface area contributed by atoms with Crippen molar-refractivity contribution >= 4 is 16.5 Å². The first-order valence-corrected chi connectivity index (χ1v) is 11.0. The third kappa shape index (κ3) is 3.65. The van der Waals surface area contributed by atoms with Crippen molar-refractivity contribution in [3.05, 3.63) is 77.0 Å². The van der Waals surface area contributed by atoms with Crippen molar-refractivity contribution in [2.75, 3.05) is 20.1 Å². The van der Waals surface area contributed by atoms with E-state index < -0.39 is 0 Å². The van der Waals surface area contributed by atoms with E-state index in [1.165, 1.54) is 58.1 Å². The van der Waals surface area contributed by atoms with Gasteiger partial charge in [-0.3, -0.25) is 0 Å². The Balaban J connectivity index is 1.45. The van der Waals surface area contributed by atoms with Gasteiger partial charge in [0.2, 0.25) is 0 Å². The zero-order chi connectivity index (χ0) is 19.8. The molecule has 0 amide bonds. The Hall–Kier alpha value is -2.36. The number of fused-ring (bicyclic) bond motifs is 3. The maximum absolute atomic E-state index is 3.89. The molecule has 5 rings (SSSR count). The highest BCUT2D eigenvalue weighted by molar-refractivity contribution is 5.88. The van der Waals surface area contributed by atoms with Gasteiger partial charge in [0.25, 0.3) is 0 Å². The number of hydrogen-bond acceptors (Lipinski definition) is 2. The third-order valence-electron chi connectivity index (χ3n) is 6.74. The van der Waals surface area contributed by atoms with Crippen LogP contribution < -0.4 is 5.32 Å². The van der Waals surface area contributed by atoms with Gasteiger partial charge in [-0.05, 0) is 74.1 Å². The number of hydrogen-bond donors (Lipinski definition) is 2. The van der Waals surface area contributed by atoms with Crippen LogP contribution in [-0.4, -0.2) is 30.0 Å². The molecule has 3 heteroatoms. The smallest absolute Gasteiger partial charge is 0.0480 e. The summed E-state index contributed by atoms with van der Waals surface area (Å²) in [5, 5.41) is 5.31. The average molecular weight is 386 g/mol. The molecule has 0 spiro atoms. The Morgan fingerprint density at radius 1 is 1.10 bits per heavy atom. The number of likely N-dealkylation sites (N-methyl/N-ethyl adjacent to an activating group) is 1. The molecule has 0 fully saturated rings. The Morgan fingerprint density at radius 3 is 2.76 bits per heavy atom. The zero-order valence-corrected chi connectivity index (χ0v) is 17.5. The summed E-state index contributed by atoms with van der Waals surface area (Å²) < 4.78 is 0. The maximum atomic E-state index is 3.89. The quantitative estimate of drug-likeness (QED) is 0.611. The van der Waals surface area contributed by atoms with Gasteiger partial charge in [-0.1, -0.05) is 42.5 Å². The summed E-state index contributed by atoms with van der Waals surface area (Å²) in [4.78, 5) is 6.15. The minimum Gasteiger partial charge on any atom is -0.357 e. The zero-order valence-electron chi connectivity index (χ0n) is 17.5. The fourth-order valence-electron chi connectivity index (χ4n) is 5.00. The molecule has 2 aliphatic rings. The number of aryl methyl sites for hydroxylation is 1. The lowest BCUT2D eigenvalue weighted by molar-refractivity contribution is 0.370. The minimum absolute atomic E-state index is 0.346. The standard InChI is InChI=1S/C26H31N3/c1-18(19-7-4-3-5-8-19)27-25-10-6-9-22-23-17-21(11-12-24(23)28-26(22)25)20-13-15-29(2)16-14-20/h3-5,7-8,11-13,17-18,25,27-28H,6,9-10,14-16H2,1-2H3. The number of nitrogens with zero attached hydrogens (tertiary/aromatic N) is 1. The summed E-state index contributed by atoms with van der Waals surface area (Å²) in [6.07, 6.45) is 7.17. The number of H-pyrrole nitrogens is 1. The molecular formula is C26H31N3. The molecule has 29 heavy (non-hydrogen) atoms. The van der Waals surface area contributed by atoms with E-state index in [-0.39, 0.29) is 0 Å². The van der Waals surface area contributed by atoms with Crippen molar-refractivity contribution in [1.29, 1.82) is 0 Å². The molecule has 3 nitrogen and oxygen atoms in total. The van der Waals surface area contributed by atoms with E-state index in [1.807, 2.05) is 0 Å². The molecule has 0 saturated heterocycles. The summed E-state index contributed by atoms with van der Waals surface area (Å²) in [5.74, 6) is 0. The van der Waals surface area contributed by atoms with Crippen LogP contribution in [0.2, 0.25) is 0 Å². The van der Waals surface area contributed by atoms with Gasteiger partial charge in [0, 0.05) is 41.8 Å². The van der Waals surface area contributed by atoms with Crippen molar-refractivity contribution in [3.8, 4) is 0 Å². The molecule has 0 bridgehead atoms. The van der Waals surface area contributed by atoms with Gasteiger partial charge in [-0.25, -0.2) is 0 Å². The first kappa shape index (κ1) is 18.7. The molecule has 0 radical (unpaired) electrons. The number of nitrogens with one attached hydrogen (secondary N) is 2. The van der Waals surface area contributed by atoms with Crippen LogP contribution in [0.4, 0.5) is 0 Å². The predicted molar refractivity (Wildman–Crippen MR) is 122 cm³/mol. The third-order valence-corrected chi connectivity index (χ3v) is 6.74. The summed E-state index contributed by atoms with van der Waals surface area (Å²) >= 11 is 0. The van der Waals surface area contributed by atoms with E-state index in [9.17, 15) is 0 Å².